The molecule has 1 aliphatic carbocycles. The van der Waals surface area contributed by atoms with E-state index in [0.29, 0.717) is 25.7 Å². The average molecular weight is 492 g/mol. The zero-order chi connectivity index (χ0) is 23.5. The fourth-order valence-corrected chi connectivity index (χ4v) is 7.54. The van der Waals surface area contributed by atoms with Crippen LogP contribution in [0.5, 0.6) is 0 Å². The molecule has 2 aromatic carbocycles. The van der Waals surface area contributed by atoms with Crippen molar-refractivity contribution < 1.29 is 16.8 Å². The van der Waals surface area contributed by atoms with Gasteiger partial charge in [-0.2, -0.15) is 4.31 Å². The normalized spacial score (nSPS) is 23.4. The van der Waals surface area contributed by atoms with Gasteiger partial charge in [0.05, 0.1) is 16.5 Å². The van der Waals surface area contributed by atoms with Gasteiger partial charge in [0.25, 0.3) is 0 Å². The number of nitrogens with zero attached hydrogens (tertiary/aromatic N) is 2. The molecule has 33 heavy (non-hydrogen) atoms. The van der Waals surface area contributed by atoms with Crippen molar-refractivity contribution in [1.29, 1.82) is 0 Å². The Morgan fingerprint density at radius 2 is 1.52 bits per heavy atom. The molecule has 0 bridgehead atoms. The Balaban J connectivity index is 1.44. The van der Waals surface area contributed by atoms with Crippen LogP contribution in [0.4, 0.5) is 0 Å². The summed E-state index contributed by atoms with van der Waals surface area (Å²) in [5, 5.41) is 0. The van der Waals surface area contributed by atoms with Crippen LogP contribution >= 0.6 is 0 Å². The molecule has 0 radical (unpaired) electrons. The smallest absolute Gasteiger partial charge is 0.244 e. The highest BCUT2D eigenvalue weighted by Gasteiger charge is 2.30. The van der Waals surface area contributed by atoms with Crippen LogP contribution in [0.25, 0.3) is 0 Å². The Kier molecular flexibility index (Phi) is 7.55. The lowest BCUT2D eigenvalue weighted by Crippen LogP contribution is -2.47. The van der Waals surface area contributed by atoms with Crippen molar-refractivity contribution in [3.05, 3.63) is 60.2 Å². The van der Waals surface area contributed by atoms with Gasteiger partial charge in [-0.1, -0.05) is 50.1 Å². The first-order valence-corrected chi connectivity index (χ1v) is 14.6. The van der Waals surface area contributed by atoms with Crippen molar-refractivity contribution in [3.63, 3.8) is 0 Å². The van der Waals surface area contributed by atoms with E-state index in [1.54, 1.807) is 0 Å². The van der Waals surface area contributed by atoms with Crippen LogP contribution in [-0.2, 0) is 26.6 Å². The van der Waals surface area contributed by atoms with Crippen LogP contribution in [0.2, 0.25) is 0 Å². The van der Waals surface area contributed by atoms with Gasteiger partial charge >= 0.3 is 0 Å². The molecule has 1 heterocycles. The molecule has 1 aliphatic heterocycles. The summed E-state index contributed by atoms with van der Waals surface area (Å²) in [6.45, 7) is 4.37. The number of benzene rings is 2. The van der Waals surface area contributed by atoms with E-state index >= 15 is 0 Å². The third kappa shape index (κ3) is 5.84. The van der Waals surface area contributed by atoms with Crippen LogP contribution in [0, 0.1) is 5.92 Å². The summed E-state index contributed by atoms with van der Waals surface area (Å²) in [7, 11) is -7.40. The second kappa shape index (κ2) is 10.2. The van der Waals surface area contributed by atoms with E-state index in [1.807, 2.05) is 30.3 Å². The van der Waals surface area contributed by atoms with Gasteiger partial charge in [0, 0.05) is 25.7 Å². The summed E-state index contributed by atoms with van der Waals surface area (Å²) in [6.07, 6.45) is 4.75. The topological polar surface area (TPSA) is 86.8 Å². The number of rotatable bonds is 7. The molecule has 1 N–H and O–H groups in total. The lowest BCUT2D eigenvalue weighted by atomic mass is 9.87. The molecule has 0 unspecified atom stereocenters. The van der Waals surface area contributed by atoms with Gasteiger partial charge in [0.2, 0.25) is 20.0 Å². The minimum Gasteiger partial charge on any atom is -0.285 e. The summed E-state index contributed by atoms with van der Waals surface area (Å²) in [5.74, 6) is 0.297. The van der Waals surface area contributed by atoms with Crippen molar-refractivity contribution >= 4 is 20.0 Å². The van der Waals surface area contributed by atoms with Crippen molar-refractivity contribution in [3.8, 4) is 0 Å². The third-order valence-electron chi connectivity index (χ3n) is 6.68. The minimum absolute atomic E-state index is 0.0730. The fourth-order valence-electron chi connectivity index (χ4n) is 4.70. The minimum atomic E-state index is -3.71. The lowest BCUT2D eigenvalue weighted by molar-refractivity contribution is 0.140. The van der Waals surface area contributed by atoms with Gasteiger partial charge in [-0.25, -0.2) is 21.6 Å². The van der Waals surface area contributed by atoms with Gasteiger partial charge < -0.3 is 0 Å². The highest BCUT2D eigenvalue weighted by atomic mass is 32.2. The predicted molar refractivity (Wildman–Crippen MR) is 128 cm³/mol. The van der Waals surface area contributed by atoms with Crippen molar-refractivity contribution in [1.82, 2.24) is 13.9 Å². The Morgan fingerprint density at radius 3 is 2.21 bits per heavy atom. The molecule has 0 amide bonds. The largest absolute Gasteiger partial charge is 0.285 e. The highest BCUT2D eigenvalue weighted by molar-refractivity contribution is 7.89. The van der Waals surface area contributed by atoms with Crippen LogP contribution < -0.4 is 4.72 Å². The predicted octanol–water partition coefficient (Wildman–Crippen LogP) is 3.40. The summed E-state index contributed by atoms with van der Waals surface area (Å²) >= 11 is 0. The first-order valence-electron chi connectivity index (χ1n) is 11.6. The lowest BCUT2D eigenvalue weighted by Gasteiger charge is -2.34. The molecular weight excluding hydrogens is 458 g/mol. The molecule has 1 saturated heterocycles. The van der Waals surface area contributed by atoms with Crippen molar-refractivity contribution in [2.24, 2.45) is 5.92 Å². The summed E-state index contributed by atoms with van der Waals surface area (Å²) in [6, 6.07) is 15.5. The number of hydrogen-bond acceptors (Lipinski definition) is 5. The number of sulfonamides is 2. The molecule has 2 aromatic rings. The van der Waals surface area contributed by atoms with Gasteiger partial charge in [-0.3, -0.25) is 4.90 Å². The Labute approximate surface area is 197 Å². The van der Waals surface area contributed by atoms with E-state index in [9.17, 15) is 16.8 Å². The van der Waals surface area contributed by atoms with Gasteiger partial charge in [0.1, 0.15) is 0 Å². The summed E-state index contributed by atoms with van der Waals surface area (Å²) < 4.78 is 56.5. The molecule has 2 fully saturated rings. The zero-order valence-electron chi connectivity index (χ0n) is 19.1. The highest BCUT2D eigenvalue weighted by Crippen LogP contribution is 2.26. The summed E-state index contributed by atoms with van der Waals surface area (Å²) in [5.41, 5.74) is 1.14. The maximum Gasteiger partial charge on any atom is 0.244 e. The SMILES string of the molecule is C[C@@H]1CCCC[C@@H]1NS(=O)(=O)c1ccc(S(=O)(=O)N2CCCN(Cc3ccccc3)C2)cc1. The van der Waals surface area contributed by atoms with E-state index < -0.39 is 20.0 Å². The van der Waals surface area contributed by atoms with E-state index in [0.717, 1.165) is 44.2 Å². The number of nitrogens with one attached hydrogen (secondary N) is 1. The fraction of sp³-hybridized carbons (Fsp3) is 0.500. The first-order chi connectivity index (χ1) is 15.8. The molecule has 4 rings (SSSR count). The van der Waals surface area contributed by atoms with Gasteiger partial charge in [-0.15, -0.1) is 0 Å². The third-order valence-corrected chi connectivity index (χ3v) is 10.0. The monoisotopic (exact) mass is 491 g/mol. The van der Waals surface area contributed by atoms with Crippen LogP contribution in [0.15, 0.2) is 64.4 Å². The zero-order valence-corrected chi connectivity index (χ0v) is 20.7. The molecule has 2 aliphatic rings. The first kappa shape index (κ1) is 24.3. The van der Waals surface area contributed by atoms with E-state index in [-0.39, 0.29) is 15.8 Å². The Hall–Kier alpha value is -1.78. The molecule has 1 saturated carbocycles. The maximum atomic E-state index is 13.2. The van der Waals surface area contributed by atoms with Crippen molar-refractivity contribution in [2.45, 2.75) is 61.4 Å². The molecule has 9 heteroatoms. The second-order valence-electron chi connectivity index (χ2n) is 9.17. The number of hydrogen-bond donors (Lipinski definition) is 1. The Morgan fingerprint density at radius 1 is 0.848 bits per heavy atom. The molecule has 180 valence electrons. The molecule has 2 atom stereocenters. The molecule has 0 spiro atoms. The van der Waals surface area contributed by atoms with Crippen LogP contribution in [0.1, 0.15) is 44.6 Å². The van der Waals surface area contributed by atoms with E-state index in [4.69, 9.17) is 0 Å². The maximum absolute atomic E-state index is 13.2. The van der Waals surface area contributed by atoms with E-state index in [2.05, 4.69) is 16.5 Å². The quantitative estimate of drug-likeness (QED) is 0.642. The second-order valence-corrected chi connectivity index (χ2v) is 12.8. The average Bonchev–Trinajstić information content (AvgIpc) is 2.81. The van der Waals surface area contributed by atoms with E-state index in [1.165, 1.54) is 28.6 Å². The molecular formula is C24H33N3O4S2. The van der Waals surface area contributed by atoms with Crippen molar-refractivity contribution in [2.75, 3.05) is 19.8 Å². The molecule has 7 nitrogen and oxygen atoms in total. The standard InChI is InChI=1S/C24H33N3O4S2/c1-20-8-5-6-11-24(20)25-32(28,29)22-12-14-23(15-13-22)33(30,31)27-17-7-16-26(19-27)18-21-9-3-2-4-10-21/h2-4,9-10,12-15,20,24-25H,5-8,11,16-19H2,1H3/t20-,24+/m1/s1. The molecule has 0 aromatic heterocycles. The van der Waals surface area contributed by atoms with Crippen LogP contribution in [-0.4, -0.2) is 51.8 Å². The summed E-state index contributed by atoms with van der Waals surface area (Å²) in [4.78, 5) is 2.34. The van der Waals surface area contributed by atoms with Gasteiger partial charge in [0.15, 0.2) is 0 Å². The Bertz CT molecular complexity index is 1140. The van der Waals surface area contributed by atoms with Crippen LogP contribution in [0.3, 0.4) is 0 Å². The van der Waals surface area contributed by atoms with Gasteiger partial charge in [-0.05, 0) is 55.0 Å².